The second-order valence-corrected chi connectivity index (χ2v) is 5.43. The zero-order chi connectivity index (χ0) is 12.8. The molecule has 1 saturated heterocycles. The summed E-state index contributed by atoms with van der Waals surface area (Å²) in [7, 11) is 0. The molecule has 1 aliphatic heterocycles. The monoisotopic (exact) mass is 272 g/mol. The molecule has 0 spiro atoms. The van der Waals surface area contributed by atoms with Gasteiger partial charge in [0.15, 0.2) is 0 Å². The summed E-state index contributed by atoms with van der Waals surface area (Å²) in [5, 5.41) is 6.75. The highest BCUT2D eigenvalue weighted by atomic mass is 32.2. The van der Waals surface area contributed by atoms with Crippen LogP contribution in [-0.2, 0) is 0 Å². The highest BCUT2D eigenvalue weighted by Gasteiger charge is 2.15. The van der Waals surface area contributed by atoms with Gasteiger partial charge in [-0.15, -0.1) is 0 Å². The van der Waals surface area contributed by atoms with Crippen LogP contribution in [-0.4, -0.2) is 24.9 Å². The fourth-order valence-corrected chi connectivity index (χ4v) is 2.77. The number of alkyl halides is 2. The summed E-state index contributed by atoms with van der Waals surface area (Å²) in [6.45, 7) is 2.04. The van der Waals surface area contributed by atoms with E-state index in [0.29, 0.717) is 22.7 Å². The summed E-state index contributed by atoms with van der Waals surface area (Å²) in [4.78, 5) is 0.629. The van der Waals surface area contributed by atoms with Gasteiger partial charge in [0.25, 0.3) is 5.76 Å². The van der Waals surface area contributed by atoms with E-state index in [4.69, 9.17) is 0 Å². The number of hydrogen-bond donors (Lipinski definition) is 2. The van der Waals surface area contributed by atoms with Gasteiger partial charge in [-0.1, -0.05) is 23.9 Å². The molecule has 5 heteroatoms. The van der Waals surface area contributed by atoms with E-state index in [1.807, 2.05) is 12.1 Å². The summed E-state index contributed by atoms with van der Waals surface area (Å²) in [6.07, 6.45) is 3.25. The van der Waals surface area contributed by atoms with Crippen LogP contribution in [0.5, 0.6) is 0 Å². The van der Waals surface area contributed by atoms with Gasteiger partial charge in [0.2, 0.25) is 0 Å². The van der Waals surface area contributed by atoms with E-state index in [9.17, 15) is 8.78 Å². The molecule has 1 atom stereocenters. The van der Waals surface area contributed by atoms with E-state index in [-0.39, 0.29) is 0 Å². The molecule has 1 heterocycles. The van der Waals surface area contributed by atoms with Crippen molar-refractivity contribution in [3.63, 3.8) is 0 Å². The third kappa shape index (κ3) is 4.14. The Morgan fingerprint density at radius 3 is 2.89 bits per heavy atom. The van der Waals surface area contributed by atoms with Gasteiger partial charge in [0.1, 0.15) is 0 Å². The third-order valence-corrected chi connectivity index (χ3v) is 3.83. The Bertz CT molecular complexity index is 366. The minimum absolute atomic E-state index is 0.374. The zero-order valence-corrected chi connectivity index (χ0v) is 11.0. The summed E-state index contributed by atoms with van der Waals surface area (Å²) in [5.74, 6) is -2.37. The molecule has 100 valence electrons. The van der Waals surface area contributed by atoms with Crippen LogP contribution in [0.1, 0.15) is 19.3 Å². The molecule has 0 aromatic heterocycles. The first kappa shape index (κ1) is 13.6. The topological polar surface area (TPSA) is 24.1 Å². The van der Waals surface area contributed by atoms with Gasteiger partial charge in [-0.05, 0) is 44.5 Å². The number of benzene rings is 1. The van der Waals surface area contributed by atoms with Crippen molar-refractivity contribution in [2.75, 3.05) is 18.4 Å². The summed E-state index contributed by atoms with van der Waals surface area (Å²) < 4.78 is 24.9. The average Bonchev–Trinajstić information content (AvgIpc) is 2.60. The van der Waals surface area contributed by atoms with Crippen LogP contribution in [0.25, 0.3) is 0 Å². The van der Waals surface area contributed by atoms with Crippen LogP contribution < -0.4 is 10.6 Å². The molecule has 0 bridgehead atoms. The molecule has 1 aliphatic rings. The van der Waals surface area contributed by atoms with E-state index in [2.05, 4.69) is 10.6 Å². The van der Waals surface area contributed by atoms with Crippen LogP contribution in [0.15, 0.2) is 29.2 Å². The number of nitrogens with one attached hydrogen (secondary N) is 2. The standard InChI is InChI=1S/C13H18F2N2S/c14-13(15)18-12-6-2-1-5-11(12)17-10-4-3-8-16-9-7-10/h1-2,5-6,10,13,16-17H,3-4,7-9H2. The van der Waals surface area contributed by atoms with Crippen molar-refractivity contribution in [1.82, 2.24) is 5.32 Å². The van der Waals surface area contributed by atoms with Crippen molar-refractivity contribution in [3.05, 3.63) is 24.3 Å². The summed E-state index contributed by atoms with van der Waals surface area (Å²) >= 11 is 0.607. The SMILES string of the molecule is FC(F)Sc1ccccc1NC1CCCNCC1. The van der Waals surface area contributed by atoms with Crippen LogP contribution >= 0.6 is 11.8 Å². The van der Waals surface area contributed by atoms with Crippen molar-refractivity contribution in [1.29, 1.82) is 0 Å². The van der Waals surface area contributed by atoms with E-state index < -0.39 is 5.76 Å². The van der Waals surface area contributed by atoms with Crippen molar-refractivity contribution in [3.8, 4) is 0 Å². The molecule has 2 N–H and O–H groups in total. The Kier molecular flexibility index (Phi) is 5.26. The predicted molar refractivity (Wildman–Crippen MR) is 72.4 cm³/mol. The molecule has 0 saturated carbocycles. The molecule has 18 heavy (non-hydrogen) atoms. The normalized spacial score (nSPS) is 20.7. The van der Waals surface area contributed by atoms with Crippen molar-refractivity contribution < 1.29 is 8.78 Å². The second-order valence-electron chi connectivity index (χ2n) is 4.40. The Morgan fingerprint density at radius 1 is 1.22 bits per heavy atom. The van der Waals surface area contributed by atoms with Crippen molar-refractivity contribution >= 4 is 17.4 Å². The first-order valence-electron chi connectivity index (χ1n) is 6.27. The Labute approximate surface area is 111 Å². The zero-order valence-electron chi connectivity index (χ0n) is 10.2. The predicted octanol–water partition coefficient (Wildman–Crippen LogP) is 3.56. The molecule has 0 aliphatic carbocycles. The number of hydrogen-bond acceptors (Lipinski definition) is 3. The number of thioether (sulfide) groups is 1. The number of para-hydroxylation sites is 1. The first-order valence-corrected chi connectivity index (χ1v) is 7.15. The van der Waals surface area contributed by atoms with Crippen LogP contribution in [0.3, 0.4) is 0 Å². The lowest BCUT2D eigenvalue weighted by Crippen LogP contribution is -2.21. The molecule has 0 amide bonds. The molecule has 2 nitrogen and oxygen atoms in total. The fraction of sp³-hybridized carbons (Fsp3) is 0.538. The van der Waals surface area contributed by atoms with Gasteiger partial charge in [0.05, 0.1) is 0 Å². The first-order chi connectivity index (χ1) is 8.75. The lowest BCUT2D eigenvalue weighted by Gasteiger charge is -2.19. The third-order valence-electron chi connectivity index (χ3n) is 3.04. The molecular formula is C13H18F2N2S. The van der Waals surface area contributed by atoms with Gasteiger partial charge >= 0.3 is 0 Å². The maximum Gasteiger partial charge on any atom is 0.288 e. The summed E-state index contributed by atoms with van der Waals surface area (Å²) in [6, 6.07) is 7.67. The molecule has 1 unspecified atom stereocenters. The lowest BCUT2D eigenvalue weighted by atomic mass is 10.1. The van der Waals surface area contributed by atoms with Crippen LogP contribution in [0, 0.1) is 0 Å². The average molecular weight is 272 g/mol. The number of anilines is 1. The molecule has 0 radical (unpaired) electrons. The molecule has 1 aromatic rings. The number of rotatable bonds is 4. The van der Waals surface area contributed by atoms with E-state index in [0.717, 1.165) is 38.0 Å². The molecule has 1 fully saturated rings. The molecular weight excluding hydrogens is 254 g/mol. The van der Waals surface area contributed by atoms with E-state index in [1.54, 1.807) is 12.1 Å². The lowest BCUT2D eigenvalue weighted by molar-refractivity contribution is 0.252. The highest BCUT2D eigenvalue weighted by molar-refractivity contribution is 7.99. The Hall–Kier alpha value is -0.810. The van der Waals surface area contributed by atoms with E-state index >= 15 is 0 Å². The molecule has 2 rings (SSSR count). The van der Waals surface area contributed by atoms with Gasteiger partial charge in [0, 0.05) is 16.6 Å². The van der Waals surface area contributed by atoms with Crippen molar-refractivity contribution in [2.45, 2.75) is 36.0 Å². The summed E-state index contributed by atoms with van der Waals surface area (Å²) in [5.41, 5.74) is 0.828. The smallest absolute Gasteiger partial charge is 0.288 e. The van der Waals surface area contributed by atoms with Crippen LogP contribution in [0.2, 0.25) is 0 Å². The van der Waals surface area contributed by atoms with Crippen LogP contribution in [0.4, 0.5) is 14.5 Å². The highest BCUT2D eigenvalue weighted by Crippen LogP contribution is 2.32. The largest absolute Gasteiger partial charge is 0.381 e. The number of halogens is 2. The van der Waals surface area contributed by atoms with Crippen molar-refractivity contribution in [2.24, 2.45) is 0 Å². The minimum atomic E-state index is -2.37. The van der Waals surface area contributed by atoms with Gasteiger partial charge in [-0.3, -0.25) is 0 Å². The quantitative estimate of drug-likeness (QED) is 0.820. The Balaban J connectivity index is 2.02. The minimum Gasteiger partial charge on any atom is -0.381 e. The van der Waals surface area contributed by atoms with Gasteiger partial charge < -0.3 is 10.6 Å². The fourth-order valence-electron chi connectivity index (χ4n) is 2.17. The van der Waals surface area contributed by atoms with E-state index in [1.165, 1.54) is 0 Å². The molecule has 1 aromatic carbocycles. The van der Waals surface area contributed by atoms with Gasteiger partial charge in [-0.25, -0.2) is 0 Å². The maximum absolute atomic E-state index is 12.5. The van der Waals surface area contributed by atoms with Gasteiger partial charge in [-0.2, -0.15) is 8.78 Å². The second kappa shape index (κ2) is 6.95. The Morgan fingerprint density at radius 2 is 2.06 bits per heavy atom. The maximum atomic E-state index is 12.5.